The highest BCUT2D eigenvalue weighted by Gasteiger charge is 2.06. The van der Waals surface area contributed by atoms with Gasteiger partial charge in [0.05, 0.1) is 6.61 Å². The average Bonchev–Trinajstić information content (AvgIpc) is 2.17. The van der Waals surface area contributed by atoms with Crippen molar-refractivity contribution in [1.82, 2.24) is 0 Å². The molecule has 0 aliphatic carbocycles. The van der Waals surface area contributed by atoms with Gasteiger partial charge in [-0.1, -0.05) is 13.0 Å². The monoisotopic (exact) mass is 202 g/mol. The molecule has 82 valence electrons. The van der Waals surface area contributed by atoms with E-state index in [1.807, 2.05) is 6.92 Å². The van der Waals surface area contributed by atoms with E-state index in [9.17, 15) is 4.79 Å². The van der Waals surface area contributed by atoms with Crippen molar-refractivity contribution in [3.8, 4) is 0 Å². The molecular weight excluding hydrogens is 184 g/mol. The van der Waals surface area contributed by atoms with Crippen LogP contribution in [0.1, 0.15) is 20.3 Å². The zero-order valence-electron chi connectivity index (χ0n) is 8.69. The second-order valence-corrected chi connectivity index (χ2v) is 3.22. The van der Waals surface area contributed by atoms with Crippen LogP contribution in [0.15, 0.2) is 11.6 Å². The Kier molecular flexibility index (Phi) is 7.06. The highest BCUT2D eigenvalue weighted by Crippen LogP contribution is 2.04. The van der Waals surface area contributed by atoms with Crippen molar-refractivity contribution in [2.45, 2.75) is 20.3 Å². The first-order chi connectivity index (χ1) is 6.61. The number of hydrogen-bond donors (Lipinski definition) is 2. The van der Waals surface area contributed by atoms with E-state index in [-0.39, 0.29) is 25.7 Å². The van der Waals surface area contributed by atoms with Crippen LogP contribution in [0.4, 0.5) is 0 Å². The average molecular weight is 202 g/mol. The fourth-order valence-corrected chi connectivity index (χ4v) is 0.891. The number of hydrogen-bond acceptors (Lipinski definition) is 4. The smallest absolute Gasteiger partial charge is 0.333 e. The van der Waals surface area contributed by atoms with Gasteiger partial charge in [-0.15, -0.1) is 0 Å². The first-order valence-corrected chi connectivity index (χ1v) is 4.69. The third kappa shape index (κ3) is 5.72. The SMILES string of the molecule is CC(=CC(C)CO)C(=O)OCCCO. The minimum Gasteiger partial charge on any atom is -0.462 e. The van der Waals surface area contributed by atoms with E-state index in [0.717, 1.165) is 0 Å². The first-order valence-electron chi connectivity index (χ1n) is 4.69. The summed E-state index contributed by atoms with van der Waals surface area (Å²) < 4.78 is 4.84. The molecule has 0 spiro atoms. The lowest BCUT2D eigenvalue weighted by molar-refractivity contribution is -0.139. The van der Waals surface area contributed by atoms with Crippen molar-refractivity contribution in [1.29, 1.82) is 0 Å². The van der Waals surface area contributed by atoms with Crippen LogP contribution in [0.3, 0.4) is 0 Å². The third-order valence-corrected chi connectivity index (χ3v) is 1.68. The van der Waals surface area contributed by atoms with Crippen LogP contribution in [-0.2, 0) is 9.53 Å². The largest absolute Gasteiger partial charge is 0.462 e. The molecule has 0 rings (SSSR count). The van der Waals surface area contributed by atoms with Crippen LogP contribution in [0, 0.1) is 5.92 Å². The van der Waals surface area contributed by atoms with Gasteiger partial charge in [0.2, 0.25) is 0 Å². The van der Waals surface area contributed by atoms with Gasteiger partial charge in [0.15, 0.2) is 0 Å². The highest BCUT2D eigenvalue weighted by molar-refractivity contribution is 5.87. The molecule has 1 atom stereocenters. The number of carbonyl (C=O) groups is 1. The summed E-state index contributed by atoms with van der Waals surface area (Å²) in [5.41, 5.74) is 0.490. The van der Waals surface area contributed by atoms with Gasteiger partial charge < -0.3 is 14.9 Å². The van der Waals surface area contributed by atoms with Crippen molar-refractivity contribution in [2.75, 3.05) is 19.8 Å². The Bertz CT molecular complexity index is 198. The summed E-state index contributed by atoms with van der Waals surface area (Å²) >= 11 is 0. The van der Waals surface area contributed by atoms with Gasteiger partial charge in [-0.25, -0.2) is 4.79 Å². The molecule has 2 N–H and O–H groups in total. The molecule has 14 heavy (non-hydrogen) atoms. The molecule has 0 aromatic heterocycles. The molecule has 4 heteroatoms. The van der Waals surface area contributed by atoms with Gasteiger partial charge in [-0.3, -0.25) is 0 Å². The van der Waals surface area contributed by atoms with Gasteiger partial charge in [0, 0.05) is 25.2 Å². The zero-order valence-corrected chi connectivity index (χ0v) is 8.69. The topological polar surface area (TPSA) is 66.8 Å². The standard InChI is InChI=1S/C10H18O4/c1-8(7-12)6-9(2)10(13)14-5-3-4-11/h6,8,11-12H,3-5,7H2,1-2H3. The Hall–Kier alpha value is -0.870. The normalized spacial score (nSPS) is 13.9. The molecule has 1 unspecified atom stereocenters. The van der Waals surface area contributed by atoms with E-state index in [1.54, 1.807) is 13.0 Å². The van der Waals surface area contributed by atoms with Crippen LogP contribution >= 0.6 is 0 Å². The van der Waals surface area contributed by atoms with E-state index in [4.69, 9.17) is 14.9 Å². The Morgan fingerprint density at radius 3 is 2.64 bits per heavy atom. The predicted octanol–water partition coefficient (Wildman–Crippen LogP) is 0.487. The minimum absolute atomic E-state index is 0.0151. The first kappa shape index (κ1) is 13.1. The molecule has 0 saturated carbocycles. The molecule has 0 aliphatic rings. The Morgan fingerprint density at radius 2 is 2.14 bits per heavy atom. The Morgan fingerprint density at radius 1 is 1.50 bits per heavy atom. The number of rotatable bonds is 6. The van der Waals surface area contributed by atoms with Gasteiger partial charge in [-0.2, -0.15) is 0 Å². The summed E-state index contributed by atoms with van der Waals surface area (Å²) in [6.45, 7) is 3.72. The molecule has 0 aromatic rings. The molecular formula is C10H18O4. The van der Waals surface area contributed by atoms with E-state index in [0.29, 0.717) is 12.0 Å². The summed E-state index contributed by atoms with van der Waals surface area (Å²) in [5, 5.41) is 17.2. The van der Waals surface area contributed by atoms with Crippen molar-refractivity contribution in [2.24, 2.45) is 5.92 Å². The maximum atomic E-state index is 11.2. The second-order valence-electron chi connectivity index (χ2n) is 3.22. The number of aliphatic hydroxyl groups excluding tert-OH is 2. The zero-order chi connectivity index (χ0) is 11.0. The molecule has 0 amide bonds. The van der Waals surface area contributed by atoms with Crippen molar-refractivity contribution < 1.29 is 19.7 Å². The van der Waals surface area contributed by atoms with Crippen molar-refractivity contribution >= 4 is 5.97 Å². The molecule has 0 fully saturated rings. The van der Waals surface area contributed by atoms with Gasteiger partial charge >= 0.3 is 5.97 Å². The van der Waals surface area contributed by atoms with Crippen LogP contribution < -0.4 is 0 Å². The second kappa shape index (κ2) is 7.53. The van der Waals surface area contributed by atoms with Gasteiger partial charge in [0.1, 0.15) is 0 Å². The van der Waals surface area contributed by atoms with E-state index in [1.165, 1.54) is 0 Å². The lowest BCUT2D eigenvalue weighted by Gasteiger charge is -2.05. The molecule has 0 heterocycles. The van der Waals surface area contributed by atoms with Gasteiger partial charge in [0.25, 0.3) is 0 Å². The molecule has 4 nitrogen and oxygen atoms in total. The van der Waals surface area contributed by atoms with Crippen molar-refractivity contribution in [3.63, 3.8) is 0 Å². The summed E-state index contributed by atoms with van der Waals surface area (Å²) in [6.07, 6.45) is 2.12. The van der Waals surface area contributed by atoms with E-state index >= 15 is 0 Å². The van der Waals surface area contributed by atoms with E-state index in [2.05, 4.69) is 0 Å². The quantitative estimate of drug-likeness (QED) is 0.373. The minimum atomic E-state index is -0.390. The van der Waals surface area contributed by atoms with Gasteiger partial charge in [-0.05, 0) is 12.8 Å². The predicted molar refractivity (Wildman–Crippen MR) is 52.7 cm³/mol. The lowest BCUT2D eigenvalue weighted by Crippen LogP contribution is -2.09. The van der Waals surface area contributed by atoms with E-state index < -0.39 is 5.97 Å². The van der Waals surface area contributed by atoms with Crippen LogP contribution in [0.2, 0.25) is 0 Å². The molecule has 0 radical (unpaired) electrons. The summed E-state index contributed by atoms with van der Waals surface area (Å²) in [6, 6.07) is 0. The molecule has 0 saturated heterocycles. The lowest BCUT2D eigenvalue weighted by atomic mass is 10.1. The Labute approximate surface area is 84.2 Å². The fraction of sp³-hybridized carbons (Fsp3) is 0.700. The molecule has 0 aromatic carbocycles. The summed E-state index contributed by atoms with van der Waals surface area (Å²) in [7, 11) is 0. The highest BCUT2D eigenvalue weighted by atomic mass is 16.5. The number of carbonyl (C=O) groups excluding carboxylic acids is 1. The van der Waals surface area contributed by atoms with Crippen LogP contribution in [0.5, 0.6) is 0 Å². The van der Waals surface area contributed by atoms with Crippen molar-refractivity contribution in [3.05, 3.63) is 11.6 Å². The molecule has 0 aliphatic heterocycles. The number of aliphatic hydroxyl groups is 2. The fourth-order valence-electron chi connectivity index (χ4n) is 0.891. The maximum Gasteiger partial charge on any atom is 0.333 e. The van der Waals surface area contributed by atoms with Crippen LogP contribution in [-0.4, -0.2) is 36.0 Å². The van der Waals surface area contributed by atoms with Crippen LogP contribution in [0.25, 0.3) is 0 Å². The summed E-state index contributed by atoms with van der Waals surface area (Å²) in [4.78, 5) is 11.2. The maximum absolute atomic E-state index is 11.2. The third-order valence-electron chi connectivity index (χ3n) is 1.68. The molecule has 0 bridgehead atoms. The number of esters is 1. The Balaban J connectivity index is 3.92. The number of ether oxygens (including phenoxy) is 1. The summed E-state index contributed by atoms with van der Waals surface area (Å²) in [5.74, 6) is -0.431.